The van der Waals surface area contributed by atoms with Crippen LogP contribution in [0.3, 0.4) is 0 Å². The first-order chi connectivity index (χ1) is 8.37. The number of hydrogen-bond donors (Lipinski definition) is 1. The molecule has 0 heterocycles. The molecule has 0 fully saturated rings. The van der Waals surface area contributed by atoms with E-state index >= 15 is 0 Å². The van der Waals surface area contributed by atoms with Crippen molar-refractivity contribution in [1.29, 1.82) is 0 Å². The molecule has 0 aliphatic carbocycles. The van der Waals surface area contributed by atoms with E-state index in [9.17, 15) is 13.2 Å². The zero-order chi connectivity index (χ0) is 13.6. The number of alkyl halides is 3. The van der Waals surface area contributed by atoms with E-state index in [2.05, 4.69) is 19.2 Å². The Balaban J connectivity index is 2.36. The Bertz CT molecular complexity index is 346. The summed E-state index contributed by atoms with van der Waals surface area (Å²) in [7, 11) is 0. The first-order valence-electron chi connectivity index (χ1n) is 5.92. The van der Waals surface area contributed by atoms with E-state index in [0.29, 0.717) is 5.92 Å². The van der Waals surface area contributed by atoms with Gasteiger partial charge in [-0.1, -0.05) is 26.0 Å². The van der Waals surface area contributed by atoms with Crippen molar-refractivity contribution in [2.24, 2.45) is 5.92 Å². The molecule has 5 heteroatoms. The smallest absolute Gasteiger partial charge is 0.316 e. The summed E-state index contributed by atoms with van der Waals surface area (Å²) in [5.41, 5.74) is -3.15. The van der Waals surface area contributed by atoms with Crippen molar-refractivity contribution >= 4 is 11.8 Å². The van der Waals surface area contributed by atoms with Crippen LogP contribution in [0.1, 0.15) is 19.4 Å². The fourth-order valence-electron chi connectivity index (χ4n) is 1.48. The van der Waals surface area contributed by atoms with E-state index in [0.717, 1.165) is 25.1 Å². The van der Waals surface area contributed by atoms with Crippen LogP contribution in [0, 0.1) is 5.92 Å². The molecule has 0 aromatic heterocycles. The summed E-state index contributed by atoms with van der Waals surface area (Å²) in [5, 5.41) is 3.30. The Kier molecular flexibility index (Phi) is 6.02. The lowest BCUT2D eigenvalue weighted by Crippen LogP contribution is -2.22. The molecule has 18 heavy (non-hydrogen) atoms. The van der Waals surface area contributed by atoms with Crippen molar-refractivity contribution < 1.29 is 13.2 Å². The first-order valence-corrected chi connectivity index (χ1v) is 6.74. The molecule has 0 unspecified atom stereocenters. The summed E-state index contributed by atoms with van der Waals surface area (Å²) in [6, 6.07) is 6.56. The summed E-state index contributed by atoms with van der Waals surface area (Å²) in [5.74, 6) is 0.607. The lowest BCUT2D eigenvalue weighted by Gasteiger charge is -2.08. The zero-order valence-electron chi connectivity index (χ0n) is 10.6. The van der Waals surface area contributed by atoms with Crippen LogP contribution in [0.2, 0.25) is 0 Å². The average molecular weight is 277 g/mol. The maximum atomic E-state index is 12.1. The van der Waals surface area contributed by atoms with Gasteiger partial charge in [-0.3, -0.25) is 0 Å². The molecule has 1 nitrogen and oxygen atoms in total. The van der Waals surface area contributed by atoms with Crippen molar-refractivity contribution in [2.45, 2.75) is 30.7 Å². The van der Waals surface area contributed by atoms with Gasteiger partial charge in [-0.25, -0.2) is 0 Å². The second-order valence-corrected chi connectivity index (χ2v) is 5.68. The molecule has 0 aliphatic heterocycles. The summed E-state index contributed by atoms with van der Waals surface area (Å²) >= 11 is -0.0739. The van der Waals surface area contributed by atoms with Gasteiger partial charge in [0.15, 0.2) is 0 Å². The molecular weight excluding hydrogens is 259 g/mol. The van der Waals surface area contributed by atoms with Crippen LogP contribution < -0.4 is 5.32 Å². The molecule has 0 atom stereocenters. The molecule has 0 radical (unpaired) electrons. The van der Waals surface area contributed by atoms with Crippen LogP contribution in [0.4, 0.5) is 13.2 Å². The Hall–Kier alpha value is -0.680. The number of thioether (sulfide) groups is 1. The van der Waals surface area contributed by atoms with Gasteiger partial charge < -0.3 is 5.32 Å². The van der Waals surface area contributed by atoms with Crippen molar-refractivity contribution in [1.82, 2.24) is 5.32 Å². The van der Waals surface area contributed by atoms with Crippen LogP contribution in [0.5, 0.6) is 0 Å². The molecule has 0 saturated carbocycles. The molecule has 1 aromatic rings. The van der Waals surface area contributed by atoms with E-state index < -0.39 is 5.51 Å². The SMILES string of the molecule is CC(C)CNCCc1ccc(SC(F)(F)F)cc1. The largest absolute Gasteiger partial charge is 0.446 e. The first kappa shape index (κ1) is 15.4. The Labute approximate surface area is 110 Å². The van der Waals surface area contributed by atoms with Gasteiger partial charge in [0.2, 0.25) is 0 Å². The van der Waals surface area contributed by atoms with Gasteiger partial charge in [0.25, 0.3) is 0 Å². The quantitative estimate of drug-likeness (QED) is 0.621. The molecule has 102 valence electrons. The lowest BCUT2D eigenvalue weighted by molar-refractivity contribution is -0.0328. The van der Waals surface area contributed by atoms with Gasteiger partial charge in [-0.15, -0.1) is 0 Å². The Morgan fingerprint density at radius 2 is 1.78 bits per heavy atom. The van der Waals surface area contributed by atoms with Gasteiger partial charge in [-0.2, -0.15) is 13.2 Å². The fourth-order valence-corrected chi connectivity index (χ4v) is 2.02. The van der Waals surface area contributed by atoms with Crippen molar-refractivity contribution in [3.8, 4) is 0 Å². The van der Waals surface area contributed by atoms with E-state index in [4.69, 9.17) is 0 Å². The number of rotatable bonds is 6. The number of halogens is 3. The summed E-state index contributed by atoms with van der Waals surface area (Å²) in [6.45, 7) is 6.08. The van der Waals surface area contributed by atoms with Crippen LogP contribution in [0.15, 0.2) is 29.2 Å². The van der Waals surface area contributed by atoms with Gasteiger partial charge in [0, 0.05) is 4.90 Å². The molecule has 0 saturated heterocycles. The molecule has 0 aliphatic rings. The summed E-state index contributed by atoms with van der Waals surface area (Å²) < 4.78 is 36.4. The molecule has 1 rings (SSSR count). The van der Waals surface area contributed by atoms with Gasteiger partial charge >= 0.3 is 5.51 Å². The van der Waals surface area contributed by atoms with Gasteiger partial charge in [-0.05, 0) is 54.9 Å². The van der Waals surface area contributed by atoms with Crippen LogP contribution in [0.25, 0.3) is 0 Å². The Morgan fingerprint density at radius 3 is 2.28 bits per heavy atom. The number of nitrogens with one attached hydrogen (secondary N) is 1. The van der Waals surface area contributed by atoms with E-state index in [1.54, 1.807) is 12.1 Å². The second kappa shape index (κ2) is 7.04. The van der Waals surface area contributed by atoms with E-state index in [1.807, 2.05) is 0 Å². The van der Waals surface area contributed by atoms with Crippen LogP contribution in [-0.4, -0.2) is 18.6 Å². The maximum absolute atomic E-state index is 12.1. The minimum Gasteiger partial charge on any atom is -0.316 e. The fraction of sp³-hybridized carbons (Fsp3) is 0.538. The molecular formula is C13H18F3NS. The average Bonchev–Trinajstić information content (AvgIpc) is 2.24. The third kappa shape index (κ3) is 6.91. The Morgan fingerprint density at radius 1 is 1.17 bits per heavy atom. The predicted molar refractivity (Wildman–Crippen MR) is 69.8 cm³/mol. The van der Waals surface area contributed by atoms with Crippen LogP contribution in [-0.2, 0) is 6.42 Å². The highest BCUT2D eigenvalue weighted by Gasteiger charge is 2.28. The summed E-state index contributed by atoms with van der Waals surface area (Å²) in [4.78, 5) is 0.237. The van der Waals surface area contributed by atoms with E-state index in [-0.39, 0.29) is 16.7 Å². The van der Waals surface area contributed by atoms with Crippen molar-refractivity contribution in [2.75, 3.05) is 13.1 Å². The highest BCUT2D eigenvalue weighted by atomic mass is 32.2. The minimum absolute atomic E-state index is 0.0739. The highest BCUT2D eigenvalue weighted by Crippen LogP contribution is 2.36. The summed E-state index contributed by atoms with van der Waals surface area (Å²) in [6.07, 6.45) is 0.837. The standard InChI is InChI=1S/C13H18F3NS/c1-10(2)9-17-8-7-11-3-5-12(6-4-11)18-13(14,15)16/h3-6,10,17H,7-9H2,1-2H3. The molecule has 1 aromatic carbocycles. The van der Waals surface area contributed by atoms with Crippen molar-refractivity contribution in [3.05, 3.63) is 29.8 Å². The predicted octanol–water partition coefficient (Wildman–Crippen LogP) is 4.09. The third-order valence-corrected chi connectivity index (χ3v) is 3.04. The van der Waals surface area contributed by atoms with Crippen LogP contribution >= 0.6 is 11.8 Å². The molecule has 0 spiro atoms. The van der Waals surface area contributed by atoms with Crippen molar-refractivity contribution in [3.63, 3.8) is 0 Å². The number of hydrogen-bond acceptors (Lipinski definition) is 2. The minimum atomic E-state index is -4.21. The number of benzene rings is 1. The zero-order valence-corrected chi connectivity index (χ0v) is 11.4. The topological polar surface area (TPSA) is 12.0 Å². The normalized spacial score (nSPS) is 12.1. The van der Waals surface area contributed by atoms with Gasteiger partial charge in [0.1, 0.15) is 0 Å². The molecule has 0 bridgehead atoms. The third-order valence-electron chi connectivity index (χ3n) is 2.30. The van der Waals surface area contributed by atoms with E-state index in [1.165, 1.54) is 12.1 Å². The molecule has 0 amide bonds. The maximum Gasteiger partial charge on any atom is 0.446 e. The van der Waals surface area contributed by atoms with Gasteiger partial charge in [0.05, 0.1) is 0 Å². The lowest BCUT2D eigenvalue weighted by atomic mass is 10.1. The molecule has 1 N–H and O–H groups in total. The highest BCUT2D eigenvalue weighted by molar-refractivity contribution is 8.00. The monoisotopic (exact) mass is 277 g/mol. The second-order valence-electron chi connectivity index (χ2n) is 4.54.